The van der Waals surface area contributed by atoms with Crippen molar-refractivity contribution in [1.82, 2.24) is 4.31 Å². The van der Waals surface area contributed by atoms with E-state index in [1.165, 1.54) is 6.42 Å². The smallest absolute Gasteiger partial charge is 0.255 e. The summed E-state index contributed by atoms with van der Waals surface area (Å²) in [6.45, 7) is 2.34. The van der Waals surface area contributed by atoms with Crippen LogP contribution in [0.15, 0.2) is 71.6 Å². The average molecular weight is 437 g/mol. The van der Waals surface area contributed by atoms with Gasteiger partial charge in [0.05, 0.1) is 4.90 Å². The van der Waals surface area contributed by atoms with Crippen molar-refractivity contribution < 1.29 is 13.2 Å². The van der Waals surface area contributed by atoms with Crippen LogP contribution in [-0.4, -0.2) is 31.2 Å². The number of nitrogens with zero attached hydrogens (tertiary/aromatic N) is 1. The minimum absolute atomic E-state index is 0.0677. The summed E-state index contributed by atoms with van der Waals surface area (Å²) < 4.78 is 28.0. The summed E-state index contributed by atoms with van der Waals surface area (Å²) in [5, 5.41) is 4.95. The van der Waals surface area contributed by atoms with E-state index in [0.29, 0.717) is 12.1 Å². The van der Waals surface area contributed by atoms with E-state index in [0.717, 1.165) is 42.1 Å². The van der Waals surface area contributed by atoms with Crippen LogP contribution in [0.5, 0.6) is 0 Å². The quantitative estimate of drug-likeness (QED) is 0.560. The molecule has 3 aromatic carbocycles. The second-order valence-electron chi connectivity index (χ2n) is 8.01. The van der Waals surface area contributed by atoms with E-state index in [4.69, 9.17) is 0 Å². The van der Waals surface area contributed by atoms with Crippen LogP contribution < -0.4 is 5.32 Å². The van der Waals surface area contributed by atoms with Crippen LogP contribution in [0.2, 0.25) is 0 Å². The fraction of sp³-hybridized carbons (Fsp3) is 0.320. The average Bonchev–Trinajstić information content (AvgIpc) is 2.80. The first-order chi connectivity index (χ1) is 15.0. The van der Waals surface area contributed by atoms with E-state index in [1.807, 2.05) is 49.4 Å². The zero-order valence-corrected chi connectivity index (χ0v) is 18.6. The molecule has 0 radical (unpaired) electrons. The molecule has 4 rings (SSSR count). The fourth-order valence-electron chi connectivity index (χ4n) is 4.44. The molecule has 31 heavy (non-hydrogen) atoms. The van der Waals surface area contributed by atoms with E-state index in [1.54, 1.807) is 28.6 Å². The van der Waals surface area contributed by atoms with E-state index < -0.39 is 10.0 Å². The van der Waals surface area contributed by atoms with Crippen LogP contribution in [0.25, 0.3) is 10.8 Å². The second-order valence-corrected chi connectivity index (χ2v) is 9.90. The molecule has 0 heterocycles. The van der Waals surface area contributed by atoms with Crippen LogP contribution in [-0.2, 0) is 10.0 Å². The van der Waals surface area contributed by atoms with E-state index in [2.05, 4.69) is 5.32 Å². The van der Waals surface area contributed by atoms with E-state index >= 15 is 0 Å². The maximum absolute atomic E-state index is 13.2. The van der Waals surface area contributed by atoms with Gasteiger partial charge in [0.25, 0.3) is 5.91 Å². The maximum Gasteiger partial charge on any atom is 0.255 e. The van der Waals surface area contributed by atoms with Crippen molar-refractivity contribution in [2.45, 2.75) is 50.0 Å². The minimum Gasteiger partial charge on any atom is -0.321 e. The maximum atomic E-state index is 13.2. The summed E-state index contributed by atoms with van der Waals surface area (Å²) in [5.74, 6) is -0.264. The van der Waals surface area contributed by atoms with Gasteiger partial charge in [0.2, 0.25) is 10.0 Å². The molecule has 0 atom stereocenters. The third-order valence-electron chi connectivity index (χ3n) is 6.05. The molecular formula is C25H28N2O3S. The lowest BCUT2D eigenvalue weighted by Gasteiger charge is -2.32. The van der Waals surface area contributed by atoms with Crippen molar-refractivity contribution in [1.29, 1.82) is 0 Å². The lowest BCUT2D eigenvalue weighted by molar-refractivity contribution is 0.102. The lowest BCUT2D eigenvalue weighted by Crippen LogP contribution is -2.41. The molecule has 5 nitrogen and oxygen atoms in total. The number of hydrogen-bond acceptors (Lipinski definition) is 3. The molecule has 0 aliphatic heterocycles. The normalized spacial score (nSPS) is 15.3. The highest BCUT2D eigenvalue weighted by Gasteiger charge is 2.31. The second kappa shape index (κ2) is 9.20. The summed E-state index contributed by atoms with van der Waals surface area (Å²) in [6.07, 6.45) is 5.15. The van der Waals surface area contributed by atoms with Gasteiger partial charge in [0.15, 0.2) is 0 Å². The molecule has 1 aliphatic carbocycles. The first kappa shape index (κ1) is 21.5. The van der Waals surface area contributed by atoms with Crippen molar-refractivity contribution in [2.24, 2.45) is 0 Å². The Balaban J connectivity index is 1.53. The zero-order chi connectivity index (χ0) is 21.8. The fourth-order valence-corrected chi connectivity index (χ4v) is 6.13. The summed E-state index contributed by atoms with van der Waals surface area (Å²) in [5.41, 5.74) is 1.15. The molecule has 0 saturated heterocycles. The van der Waals surface area contributed by atoms with Gasteiger partial charge in [-0.3, -0.25) is 4.79 Å². The van der Waals surface area contributed by atoms with Gasteiger partial charge in [-0.15, -0.1) is 0 Å². The molecule has 1 fully saturated rings. The van der Waals surface area contributed by atoms with Crippen molar-refractivity contribution in [3.05, 3.63) is 72.3 Å². The number of benzene rings is 3. The van der Waals surface area contributed by atoms with Gasteiger partial charge < -0.3 is 5.32 Å². The third-order valence-corrected chi connectivity index (χ3v) is 8.10. The summed E-state index contributed by atoms with van der Waals surface area (Å²) >= 11 is 0. The first-order valence-corrected chi connectivity index (χ1v) is 12.4. The zero-order valence-electron chi connectivity index (χ0n) is 17.8. The Morgan fingerprint density at radius 1 is 0.935 bits per heavy atom. The predicted molar refractivity (Wildman–Crippen MR) is 125 cm³/mol. The Morgan fingerprint density at radius 3 is 2.32 bits per heavy atom. The van der Waals surface area contributed by atoms with Gasteiger partial charge in [-0.2, -0.15) is 4.31 Å². The molecule has 3 aromatic rings. The van der Waals surface area contributed by atoms with Gasteiger partial charge in [-0.25, -0.2) is 8.42 Å². The van der Waals surface area contributed by atoms with Crippen LogP contribution in [0.4, 0.5) is 5.69 Å². The molecule has 1 N–H and O–H groups in total. The molecule has 162 valence electrons. The number of anilines is 1. The van der Waals surface area contributed by atoms with Crippen molar-refractivity contribution in [3.8, 4) is 0 Å². The highest BCUT2D eigenvalue weighted by molar-refractivity contribution is 7.89. The number of fused-ring (bicyclic) bond motifs is 1. The molecule has 0 spiro atoms. The van der Waals surface area contributed by atoms with Gasteiger partial charge in [-0.1, -0.05) is 62.6 Å². The molecule has 0 bridgehead atoms. The van der Waals surface area contributed by atoms with Crippen LogP contribution in [0, 0.1) is 0 Å². The number of rotatable bonds is 6. The molecule has 1 saturated carbocycles. The number of hydrogen-bond donors (Lipinski definition) is 1. The molecule has 0 unspecified atom stereocenters. The molecule has 6 heteroatoms. The number of amides is 1. The van der Waals surface area contributed by atoms with Crippen LogP contribution >= 0.6 is 0 Å². The number of carbonyl (C=O) groups excluding carboxylic acids is 1. The Labute approximate surface area is 184 Å². The van der Waals surface area contributed by atoms with Gasteiger partial charge in [0.1, 0.15) is 0 Å². The Bertz CT molecular complexity index is 1160. The van der Waals surface area contributed by atoms with Crippen molar-refractivity contribution >= 4 is 32.4 Å². The monoisotopic (exact) mass is 436 g/mol. The van der Waals surface area contributed by atoms with Crippen molar-refractivity contribution in [2.75, 3.05) is 11.9 Å². The van der Waals surface area contributed by atoms with Crippen LogP contribution in [0.1, 0.15) is 49.4 Å². The van der Waals surface area contributed by atoms with Gasteiger partial charge >= 0.3 is 0 Å². The number of nitrogens with one attached hydrogen (secondary N) is 1. The highest BCUT2D eigenvalue weighted by Crippen LogP contribution is 2.28. The standard InChI is InChI=1S/C25H28N2O3S/c1-2-27(21-11-4-3-5-12-21)31(29,30)22-17-15-20(16-18-22)25(28)26-24-14-8-10-19-9-6-7-13-23(19)24/h6-10,13-18,21H,2-5,11-12H2,1H3,(H,26,28). The Morgan fingerprint density at radius 2 is 1.61 bits per heavy atom. The molecule has 0 aromatic heterocycles. The topological polar surface area (TPSA) is 66.5 Å². The summed E-state index contributed by atoms with van der Waals surface area (Å²) in [6, 6.07) is 19.9. The minimum atomic E-state index is -3.58. The summed E-state index contributed by atoms with van der Waals surface area (Å²) in [7, 11) is -3.58. The molecular weight excluding hydrogens is 408 g/mol. The van der Waals surface area contributed by atoms with E-state index in [-0.39, 0.29) is 16.8 Å². The first-order valence-electron chi connectivity index (χ1n) is 10.9. The van der Waals surface area contributed by atoms with E-state index in [9.17, 15) is 13.2 Å². The number of sulfonamides is 1. The lowest BCUT2D eigenvalue weighted by atomic mass is 9.95. The van der Waals surface area contributed by atoms with Crippen molar-refractivity contribution in [3.63, 3.8) is 0 Å². The SMILES string of the molecule is CCN(C1CCCCC1)S(=O)(=O)c1ccc(C(=O)Nc2cccc3ccccc23)cc1. The molecule has 1 amide bonds. The van der Waals surface area contributed by atoms with Crippen LogP contribution in [0.3, 0.4) is 0 Å². The largest absolute Gasteiger partial charge is 0.321 e. The third kappa shape index (κ3) is 4.50. The number of carbonyl (C=O) groups is 1. The van der Waals surface area contributed by atoms with Gasteiger partial charge in [0, 0.05) is 29.2 Å². The Hall–Kier alpha value is -2.70. The van der Waals surface area contributed by atoms with Gasteiger partial charge in [-0.05, 0) is 48.6 Å². The molecule has 1 aliphatic rings. The predicted octanol–water partition coefficient (Wildman–Crippen LogP) is 5.44. The Kier molecular flexibility index (Phi) is 6.39. The summed E-state index contributed by atoms with van der Waals surface area (Å²) in [4.78, 5) is 13.0. The highest BCUT2D eigenvalue weighted by atomic mass is 32.2.